The SMILES string of the molecule is CCc1nc2ccc(F)c(F)c2n1-c1cccc2c1OC[C@H]2Cc1ccc2c(c1)OC[C@H]2CC(=O)[O-].[Na+]. The van der Waals surface area contributed by atoms with E-state index in [0.717, 1.165) is 22.8 Å². The van der Waals surface area contributed by atoms with Crippen LogP contribution in [0, 0.1) is 11.6 Å². The molecule has 0 aliphatic carbocycles. The Hall–Kier alpha value is -2.94. The Morgan fingerprint density at radius 3 is 2.68 bits per heavy atom. The van der Waals surface area contributed by atoms with Crippen LogP contribution < -0.4 is 44.1 Å². The molecule has 0 fully saturated rings. The van der Waals surface area contributed by atoms with E-state index in [9.17, 15) is 18.7 Å². The van der Waals surface area contributed by atoms with E-state index in [1.165, 1.54) is 6.07 Å². The van der Waals surface area contributed by atoms with E-state index < -0.39 is 17.6 Å². The number of aliphatic carboxylic acids is 1. The van der Waals surface area contributed by atoms with Crippen molar-refractivity contribution in [1.29, 1.82) is 0 Å². The van der Waals surface area contributed by atoms with Crippen LogP contribution in [0.5, 0.6) is 11.5 Å². The second kappa shape index (κ2) is 10.1. The van der Waals surface area contributed by atoms with Crippen molar-refractivity contribution in [3.63, 3.8) is 0 Å². The maximum absolute atomic E-state index is 14.9. The van der Waals surface area contributed by atoms with Crippen molar-refractivity contribution in [2.24, 2.45) is 0 Å². The van der Waals surface area contributed by atoms with Gasteiger partial charge in [0.25, 0.3) is 0 Å². The number of ether oxygens (including phenoxy) is 2. The molecular formula is C28H23F2N2NaO4. The molecule has 0 unspecified atom stereocenters. The van der Waals surface area contributed by atoms with E-state index in [2.05, 4.69) is 4.98 Å². The van der Waals surface area contributed by atoms with Crippen LogP contribution in [-0.2, 0) is 17.6 Å². The number of carboxylic acid groups (broad SMARTS) is 1. The molecule has 3 aromatic carbocycles. The van der Waals surface area contributed by atoms with Crippen LogP contribution in [0.3, 0.4) is 0 Å². The summed E-state index contributed by atoms with van der Waals surface area (Å²) >= 11 is 0. The summed E-state index contributed by atoms with van der Waals surface area (Å²) < 4.78 is 42.6. The number of nitrogens with zero attached hydrogens (tertiary/aromatic N) is 2. The first-order valence-corrected chi connectivity index (χ1v) is 12.0. The molecule has 2 aliphatic heterocycles. The molecule has 2 aliphatic rings. The van der Waals surface area contributed by atoms with Crippen molar-refractivity contribution in [1.82, 2.24) is 9.55 Å². The average Bonchev–Trinajstić information content (AvgIpc) is 3.57. The molecular weight excluding hydrogens is 489 g/mol. The normalized spacial score (nSPS) is 17.6. The molecule has 184 valence electrons. The molecule has 0 spiro atoms. The maximum atomic E-state index is 14.9. The molecule has 0 bridgehead atoms. The number of aromatic nitrogens is 2. The number of rotatable bonds is 6. The van der Waals surface area contributed by atoms with Crippen LogP contribution in [0.4, 0.5) is 8.78 Å². The third kappa shape index (κ3) is 4.41. The molecule has 0 radical (unpaired) electrons. The number of halogens is 2. The van der Waals surface area contributed by atoms with E-state index in [4.69, 9.17) is 9.47 Å². The maximum Gasteiger partial charge on any atom is 1.00 e. The Morgan fingerprint density at radius 2 is 1.89 bits per heavy atom. The third-order valence-electron chi connectivity index (χ3n) is 7.08. The quantitative estimate of drug-likeness (QED) is 0.363. The largest absolute Gasteiger partial charge is 1.00 e. The first kappa shape index (κ1) is 25.7. The summed E-state index contributed by atoms with van der Waals surface area (Å²) in [7, 11) is 0. The second-order valence-corrected chi connectivity index (χ2v) is 9.31. The number of carbonyl (C=O) groups is 1. The summed E-state index contributed by atoms with van der Waals surface area (Å²) in [6.45, 7) is 2.70. The van der Waals surface area contributed by atoms with Gasteiger partial charge < -0.3 is 19.4 Å². The second-order valence-electron chi connectivity index (χ2n) is 9.31. The Morgan fingerprint density at radius 1 is 1.08 bits per heavy atom. The number of carbonyl (C=O) groups excluding carboxylic acids is 1. The fourth-order valence-corrected chi connectivity index (χ4v) is 5.39. The van der Waals surface area contributed by atoms with Crippen LogP contribution in [0.1, 0.15) is 47.7 Å². The molecule has 0 saturated heterocycles. The summed E-state index contributed by atoms with van der Waals surface area (Å²) in [5.74, 6) is -1.10. The molecule has 6 rings (SSSR count). The van der Waals surface area contributed by atoms with Crippen molar-refractivity contribution in [2.75, 3.05) is 13.2 Å². The van der Waals surface area contributed by atoms with Crippen molar-refractivity contribution in [3.05, 3.63) is 82.7 Å². The van der Waals surface area contributed by atoms with Crippen LogP contribution in [-0.4, -0.2) is 28.7 Å². The zero-order chi connectivity index (χ0) is 25.0. The molecule has 2 atom stereocenters. The van der Waals surface area contributed by atoms with Crippen LogP contribution in [0.15, 0.2) is 48.5 Å². The number of aryl methyl sites for hydroxylation is 1. The van der Waals surface area contributed by atoms with E-state index in [0.29, 0.717) is 54.6 Å². The third-order valence-corrected chi connectivity index (χ3v) is 7.08. The number of hydrogen-bond donors (Lipinski definition) is 0. The van der Waals surface area contributed by atoms with Gasteiger partial charge in [0.1, 0.15) is 22.8 Å². The van der Waals surface area contributed by atoms with Crippen molar-refractivity contribution >= 4 is 17.0 Å². The van der Waals surface area contributed by atoms with Crippen LogP contribution >= 0.6 is 0 Å². The monoisotopic (exact) mass is 512 g/mol. The van der Waals surface area contributed by atoms with Gasteiger partial charge in [0.15, 0.2) is 11.6 Å². The summed E-state index contributed by atoms with van der Waals surface area (Å²) in [6.07, 6.45) is 1.16. The molecule has 3 heterocycles. The zero-order valence-corrected chi connectivity index (χ0v) is 22.6. The van der Waals surface area contributed by atoms with E-state index in [-0.39, 0.29) is 53.3 Å². The number of carboxylic acids is 1. The molecule has 4 aromatic rings. The topological polar surface area (TPSA) is 76.4 Å². The van der Waals surface area contributed by atoms with Crippen LogP contribution in [0.2, 0.25) is 0 Å². The molecule has 6 nitrogen and oxygen atoms in total. The van der Waals surface area contributed by atoms with E-state index in [1.807, 2.05) is 43.3 Å². The van der Waals surface area contributed by atoms with Gasteiger partial charge in [0.2, 0.25) is 0 Å². The first-order valence-electron chi connectivity index (χ1n) is 12.0. The fraction of sp³-hybridized carbons (Fsp3) is 0.286. The zero-order valence-electron chi connectivity index (χ0n) is 20.6. The molecule has 0 N–H and O–H groups in total. The summed E-state index contributed by atoms with van der Waals surface area (Å²) in [5.41, 5.74) is 4.07. The number of para-hydroxylation sites is 1. The first-order chi connectivity index (χ1) is 17.4. The summed E-state index contributed by atoms with van der Waals surface area (Å²) in [6, 6.07) is 14.2. The van der Waals surface area contributed by atoms with Gasteiger partial charge in [-0.05, 0) is 42.7 Å². The average molecular weight is 512 g/mol. The minimum Gasteiger partial charge on any atom is -0.550 e. The van der Waals surface area contributed by atoms with Gasteiger partial charge in [-0.15, -0.1) is 0 Å². The number of benzene rings is 3. The van der Waals surface area contributed by atoms with Gasteiger partial charge in [-0.2, -0.15) is 0 Å². The van der Waals surface area contributed by atoms with E-state index in [1.54, 1.807) is 4.57 Å². The standard InChI is InChI=1S/C28H24F2N2O4.Na/c1-2-24-31-21-9-8-20(29)26(30)27(21)32(24)22-5-3-4-19-16(14-36-28(19)22)10-15-6-7-18-17(12-25(33)34)13-35-23(18)11-15;/h3-9,11,16-17H,2,10,12-14H2,1H3,(H,33,34);/q;+1/p-1/t16-,17-;/m1./s1. The predicted molar refractivity (Wildman–Crippen MR) is 127 cm³/mol. The molecule has 37 heavy (non-hydrogen) atoms. The van der Waals surface area contributed by atoms with Gasteiger partial charge in [-0.1, -0.05) is 31.2 Å². The summed E-state index contributed by atoms with van der Waals surface area (Å²) in [4.78, 5) is 15.5. The number of imidazole rings is 1. The molecule has 0 amide bonds. The Kier molecular flexibility index (Phi) is 7.00. The molecule has 1 aromatic heterocycles. The minimum atomic E-state index is -1.09. The smallest absolute Gasteiger partial charge is 0.550 e. The molecule has 9 heteroatoms. The van der Waals surface area contributed by atoms with Crippen molar-refractivity contribution in [2.45, 2.75) is 38.0 Å². The van der Waals surface area contributed by atoms with Gasteiger partial charge in [0, 0.05) is 35.4 Å². The van der Waals surface area contributed by atoms with Crippen molar-refractivity contribution < 1.29 is 57.7 Å². The summed E-state index contributed by atoms with van der Waals surface area (Å²) in [5, 5.41) is 11.0. The number of fused-ring (bicyclic) bond motifs is 3. The Labute approximate surface area is 234 Å². The van der Waals surface area contributed by atoms with E-state index >= 15 is 0 Å². The van der Waals surface area contributed by atoms with Crippen LogP contribution in [0.25, 0.3) is 16.7 Å². The molecule has 0 saturated carbocycles. The minimum absolute atomic E-state index is 0. The van der Waals surface area contributed by atoms with Gasteiger partial charge in [-0.3, -0.25) is 4.57 Å². The van der Waals surface area contributed by atoms with Gasteiger partial charge >= 0.3 is 29.6 Å². The Bertz CT molecular complexity index is 1520. The fourth-order valence-electron chi connectivity index (χ4n) is 5.39. The van der Waals surface area contributed by atoms with Gasteiger partial charge in [0.05, 0.1) is 24.4 Å². The predicted octanol–water partition coefficient (Wildman–Crippen LogP) is 1.20. The van der Waals surface area contributed by atoms with Gasteiger partial charge in [-0.25, -0.2) is 13.8 Å². The number of hydrogen-bond acceptors (Lipinski definition) is 5. The Balaban J connectivity index is 0.00000280. The van der Waals surface area contributed by atoms with Crippen molar-refractivity contribution in [3.8, 4) is 17.2 Å².